The van der Waals surface area contributed by atoms with Gasteiger partial charge in [0.2, 0.25) is 5.91 Å². The standard InChI is InChI=1S/C13H16BrN5O/c1-8(18-19-13-15-5-6-16-13)10-3-4-12(11(14)7-10)17-9(2)20/h3-4,7H,5-6H2,1-2H3,(H,17,20)(H2,15,16,19)/p+1/b18-8-. The van der Waals surface area contributed by atoms with E-state index in [0.717, 1.165) is 40.5 Å². The molecule has 20 heavy (non-hydrogen) atoms. The fraction of sp³-hybridized carbons (Fsp3) is 0.308. The first-order valence-electron chi connectivity index (χ1n) is 6.29. The number of hydrazone groups is 1. The molecule has 0 radical (unpaired) electrons. The maximum absolute atomic E-state index is 11.1. The van der Waals surface area contributed by atoms with Crippen LogP contribution in [0.5, 0.6) is 0 Å². The first kappa shape index (κ1) is 14.5. The van der Waals surface area contributed by atoms with Crippen LogP contribution >= 0.6 is 15.9 Å². The number of rotatable bonds is 3. The molecule has 0 saturated heterocycles. The van der Waals surface area contributed by atoms with E-state index >= 15 is 0 Å². The highest BCUT2D eigenvalue weighted by molar-refractivity contribution is 9.10. The van der Waals surface area contributed by atoms with Crippen LogP contribution in [0.2, 0.25) is 0 Å². The second-order valence-corrected chi connectivity index (χ2v) is 5.27. The van der Waals surface area contributed by atoms with Crippen molar-refractivity contribution in [3.63, 3.8) is 0 Å². The van der Waals surface area contributed by atoms with E-state index in [1.54, 1.807) is 0 Å². The highest BCUT2D eigenvalue weighted by Crippen LogP contribution is 2.23. The van der Waals surface area contributed by atoms with Gasteiger partial charge in [0.05, 0.1) is 24.5 Å². The highest BCUT2D eigenvalue weighted by atomic mass is 79.9. The summed E-state index contributed by atoms with van der Waals surface area (Å²) in [6.07, 6.45) is 0. The Balaban J connectivity index is 2.09. The van der Waals surface area contributed by atoms with Gasteiger partial charge in [0, 0.05) is 17.0 Å². The van der Waals surface area contributed by atoms with E-state index < -0.39 is 0 Å². The molecule has 0 spiro atoms. The summed E-state index contributed by atoms with van der Waals surface area (Å²) in [7, 11) is 0. The second-order valence-electron chi connectivity index (χ2n) is 4.41. The molecule has 0 aliphatic carbocycles. The van der Waals surface area contributed by atoms with Crippen LogP contribution in [0, 0.1) is 0 Å². The molecular formula is C13H17BrN5O+. The Hall–Kier alpha value is -1.89. The number of benzene rings is 1. The first-order valence-corrected chi connectivity index (χ1v) is 7.08. The molecule has 1 aliphatic heterocycles. The number of nitrogens with zero attached hydrogens (tertiary/aromatic N) is 1. The van der Waals surface area contributed by atoms with Crippen molar-refractivity contribution in [1.29, 1.82) is 0 Å². The summed E-state index contributed by atoms with van der Waals surface area (Å²) >= 11 is 3.44. The van der Waals surface area contributed by atoms with Gasteiger partial charge in [0.15, 0.2) is 0 Å². The number of amides is 1. The normalized spacial score (nSPS) is 14.6. The minimum absolute atomic E-state index is 0.0970. The zero-order valence-corrected chi connectivity index (χ0v) is 13.0. The monoisotopic (exact) mass is 338 g/mol. The molecule has 0 bridgehead atoms. The third kappa shape index (κ3) is 3.80. The Bertz CT molecular complexity index is 582. The predicted molar refractivity (Wildman–Crippen MR) is 82.6 cm³/mol. The fourth-order valence-corrected chi connectivity index (χ4v) is 2.23. The molecule has 106 valence electrons. The molecule has 1 aromatic rings. The maximum Gasteiger partial charge on any atom is 0.367 e. The van der Waals surface area contributed by atoms with Crippen molar-refractivity contribution in [2.75, 3.05) is 18.4 Å². The van der Waals surface area contributed by atoms with Crippen molar-refractivity contribution in [3.05, 3.63) is 28.2 Å². The number of carbonyl (C=O) groups is 1. The largest absolute Gasteiger partial charge is 0.367 e. The van der Waals surface area contributed by atoms with Gasteiger partial charge in [-0.25, -0.2) is 0 Å². The molecule has 0 fully saturated rings. The number of carbonyl (C=O) groups excluding carboxylic acids is 1. The topological polar surface area (TPSA) is 79.5 Å². The highest BCUT2D eigenvalue weighted by Gasteiger charge is 2.11. The van der Waals surface area contributed by atoms with Crippen LogP contribution in [0.3, 0.4) is 0 Å². The SMILES string of the molecule is CC(=O)Nc1ccc(/C(C)=N\NC2=[NH+]CCN2)cc1Br. The molecular weight excluding hydrogens is 322 g/mol. The Labute approximate surface area is 125 Å². The predicted octanol–water partition coefficient (Wildman–Crippen LogP) is -0.239. The van der Waals surface area contributed by atoms with Crippen LogP contribution in [0.4, 0.5) is 5.69 Å². The zero-order valence-electron chi connectivity index (χ0n) is 11.4. The van der Waals surface area contributed by atoms with E-state index in [-0.39, 0.29) is 5.91 Å². The summed E-state index contributed by atoms with van der Waals surface area (Å²) in [5, 5.41) is 10.2. The van der Waals surface area contributed by atoms with E-state index in [1.165, 1.54) is 6.92 Å². The van der Waals surface area contributed by atoms with Crippen molar-refractivity contribution in [1.82, 2.24) is 10.7 Å². The second kappa shape index (κ2) is 6.51. The number of hydrogen-bond donors (Lipinski definition) is 4. The molecule has 6 nitrogen and oxygen atoms in total. The number of halogens is 1. The van der Waals surface area contributed by atoms with Gasteiger partial charge in [-0.3, -0.25) is 15.1 Å². The van der Waals surface area contributed by atoms with Gasteiger partial charge in [-0.1, -0.05) is 6.07 Å². The zero-order chi connectivity index (χ0) is 14.5. The molecule has 0 aromatic heterocycles. The molecule has 4 N–H and O–H groups in total. The van der Waals surface area contributed by atoms with Crippen molar-refractivity contribution >= 4 is 39.2 Å². The smallest absolute Gasteiger partial charge is 0.325 e. The first-order chi connectivity index (χ1) is 9.56. The average Bonchev–Trinajstić information content (AvgIpc) is 2.91. The van der Waals surface area contributed by atoms with Gasteiger partial charge in [-0.15, -0.1) is 5.10 Å². The van der Waals surface area contributed by atoms with Crippen molar-refractivity contribution in [3.8, 4) is 0 Å². The quantitative estimate of drug-likeness (QED) is 0.453. The van der Waals surface area contributed by atoms with Crippen molar-refractivity contribution in [2.24, 2.45) is 5.10 Å². The van der Waals surface area contributed by atoms with Crippen LogP contribution in [-0.2, 0) is 4.79 Å². The maximum atomic E-state index is 11.1. The average molecular weight is 339 g/mol. The van der Waals surface area contributed by atoms with Gasteiger partial charge >= 0.3 is 5.96 Å². The minimum atomic E-state index is -0.0970. The van der Waals surface area contributed by atoms with Crippen LogP contribution in [0.15, 0.2) is 27.8 Å². The van der Waals surface area contributed by atoms with E-state index in [4.69, 9.17) is 0 Å². The van der Waals surface area contributed by atoms with E-state index in [1.807, 2.05) is 25.1 Å². The molecule has 7 heteroatoms. The van der Waals surface area contributed by atoms with E-state index in [0.29, 0.717) is 0 Å². The fourth-order valence-electron chi connectivity index (χ4n) is 1.75. The lowest BCUT2D eigenvalue weighted by atomic mass is 10.1. The molecule has 1 heterocycles. The Morgan fingerprint density at radius 2 is 2.25 bits per heavy atom. The third-order valence-electron chi connectivity index (χ3n) is 2.76. The Morgan fingerprint density at radius 1 is 1.45 bits per heavy atom. The number of anilines is 1. The molecule has 2 rings (SSSR count). The lowest BCUT2D eigenvalue weighted by Gasteiger charge is -2.07. The Kier molecular flexibility index (Phi) is 4.73. The van der Waals surface area contributed by atoms with Gasteiger partial charge in [0.1, 0.15) is 0 Å². The third-order valence-corrected chi connectivity index (χ3v) is 3.42. The minimum Gasteiger partial charge on any atom is -0.325 e. The van der Waals surface area contributed by atoms with Gasteiger partial charge in [-0.2, -0.15) is 5.43 Å². The lowest BCUT2D eigenvalue weighted by Crippen LogP contribution is -2.73. The number of hydrogen-bond acceptors (Lipinski definition) is 4. The molecule has 0 unspecified atom stereocenters. The van der Waals surface area contributed by atoms with Crippen molar-refractivity contribution in [2.45, 2.75) is 13.8 Å². The summed E-state index contributed by atoms with van der Waals surface area (Å²) in [5.74, 6) is 0.721. The Morgan fingerprint density at radius 3 is 2.85 bits per heavy atom. The summed E-state index contributed by atoms with van der Waals surface area (Å²) in [6, 6.07) is 5.68. The molecule has 1 amide bonds. The summed E-state index contributed by atoms with van der Waals surface area (Å²) < 4.78 is 0.824. The number of guanidine groups is 1. The summed E-state index contributed by atoms with van der Waals surface area (Å²) in [4.78, 5) is 14.2. The van der Waals surface area contributed by atoms with E-state index in [2.05, 4.69) is 42.1 Å². The van der Waals surface area contributed by atoms with E-state index in [9.17, 15) is 4.79 Å². The van der Waals surface area contributed by atoms with Gasteiger partial charge in [0.25, 0.3) is 0 Å². The van der Waals surface area contributed by atoms with Crippen LogP contribution in [-0.4, -0.2) is 30.7 Å². The van der Waals surface area contributed by atoms with Crippen LogP contribution in [0.25, 0.3) is 0 Å². The van der Waals surface area contributed by atoms with Crippen molar-refractivity contribution < 1.29 is 9.79 Å². The molecule has 1 aliphatic rings. The molecule has 0 atom stereocenters. The molecule has 1 aromatic carbocycles. The summed E-state index contributed by atoms with van der Waals surface area (Å²) in [5.41, 5.74) is 5.51. The summed E-state index contributed by atoms with van der Waals surface area (Å²) in [6.45, 7) is 5.19. The van der Waals surface area contributed by atoms with Crippen LogP contribution in [0.1, 0.15) is 19.4 Å². The lowest BCUT2D eigenvalue weighted by molar-refractivity contribution is -0.446. The van der Waals surface area contributed by atoms with Crippen LogP contribution < -0.4 is 21.1 Å². The molecule has 0 saturated carbocycles. The van der Waals surface area contributed by atoms with Gasteiger partial charge in [-0.05, 0) is 35.0 Å². The number of nitrogens with one attached hydrogen (secondary N) is 4. The van der Waals surface area contributed by atoms with Gasteiger partial charge < -0.3 is 5.32 Å².